The van der Waals surface area contributed by atoms with Crippen LogP contribution in [0.25, 0.3) is 11.2 Å². The van der Waals surface area contributed by atoms with Crippen molar-refractivity contribution in [1.82, 2.24) is 29.2 Å². The highest BCUT2D eigenvalue weighted by molar-refractivity contribution is 5.68. The third-order valence-electron chi connectivity index (χ3n) is 5.30. The van der Waals surface area contributed by atoms with Gasteiger partial charge in [-0.3, -0.25) is 9.36 Å². The summed E-state index contributed by atoms with van der Waals surface area (Å²) in [6.07, 6.45) is 9.12. The van der Waals surface area contributed by atoms with Crippen molar-refractivity contribution >= 4 is 11.2 Å². The Kier molecular flexibility index (Phi) is 4.41. The maximum absolute atomic E-state index is 12.7. The zero-order valence-corrected chi connectivity index (χ0v) is 16.2. The summed E-state index contributed by atoms with van der Waals surface area (Å²) in [7, 11) is 1.75. The molecule has 0 N–H and O–H groups in total. The van der Waals surface area contributed by atoms with E-state index in [1.807, 2.05) is 24.3 Å². The second-order valence-corrected chi connectivity index (χ2v) is 7.27. The Morgan fingerprint density at radius 3 is 2.83 bits per heavy atom. The molecule has 1 saturated heterocycles. The molecule has 9 heteroatoms. The monoisotopic (exact) mass is 402 g/mol. The molecule has 1 aliphatic rings. The fraction of sp³-hybridized carbons (Fsp3) is 0.286. The number of aryl methyl sites for hydroxylation is 1. The molecule has 0 amide bonds. The van der Waals surface area contributed by atoms with Gasteiger partial charge in [0.25, 0.3) is 5.56 Å². The molecule has 1 aromatic carbocycles. The zero-order valence-electron chi connectivity index (χ0n) is 16.2. The third-order valence-corrected chi connectivity index (χ3v) is 5.30. The van der Waals surface area contributed by atoms with Crippen molar-refractivity contribution < 1.29 is 9.26 Å². The van der Waals surface area contributed by atoms with Crippen LogP contribution in [-0.2, 0) is 18.3 Å². The Morgan fingerprint density at radius 1 is 1.23 bits per heavy atom. The van der Waals surface area contributed by atoms with Gasteiger partial charge >= 0.3 is 0 Å². The van der Waals surface area contributed by atoms with Gasteiger partial charge in [0.1, 0.15) is 12.9 Å². The highest BCUT2D eigenvalue weighted by Crippen LogP contribution is 2.37. The molecule has 0 saturated carbocycles. The van der Waals surface area contributed by atoms with Crippen LogP contribution in [0.15, 0.2) is 46.2 Å². The van der Waals surface area contributed by atoms with Crippen LogP contribution in [0.1, 0.15) is 41.3 Å². The molecule has 1 fully saturated rings. The van der Waals surface area contributed by atoms with Crippen LogP contribution in [0, 0.1) is 12.3 Å². The molecule has 0 bridgehead atoms. The lowest BCUT2D eigenvalue weighted by Gasteiger charge is -2.09. The molecule has 5 rings (SSSR count). The predicted octanol–water partition coefficient (Wildman–Crippen LogP) is 1.79. The average molecular weight is 402 g/mol. The second kappa shape index (κ2) is 7.24. The lowest BCUT2D eigenvalue weighted by molar-refractivity contribution is 0.110. The Labute approximate surface area is 171 Å². The van der Waals surface area contributed by atoms with Crippen molar-refractivity contribution in [2.24, 2.45) is 7.05 Å². The van der Waals surface area contributed by atoms with E-state index in [0.29, 0.717) is 29.5 Å². The normalized spacial score (nSPS) is 18.7. The molecular formula is C21H18N6O3. The summed E-state index contributed by atoms with van der Waals surface area (Å²) in [5.74, 6) is 3.56. The van der Waals surface area contributed by atoms with E-state index < -0.39 is 0 Å². The van der Waals surface area contributed by atoms with Crippen LogP contribution in [0.2, 0.25) is 0 Å². The van der Waals surface area contributed by atoms with E-state index in [2.05, 4.69) is 26.0 Å². The second-order valence-electron chi connectivity index (χ2n) is 7.27. The first kappa shape index (κ1) is 18.3. The SMILES string of the molecule is C#Cc1ccc([C@H]2C[C@H](c3noc(Cn4cnc5ncn(C)c5c4=O)n3)CO2)cc1. The summed E-state index contributed by atoms with van der Waals surface area (Å²) in [4.78, 5) is 25.4. The van der Waals surface area contributed by atoms with Gasteiger partial charge in [-0.1, -0.05) is 23.2 Å². The maximum atomic E-state index is 12.7. The molecule has 30 heavy (non-hydrogen) atoms. The van der Waals surface area contributed by atoms with E-state index in [9.17, 15) is 4.79 Å². The highest BCUT2D eigenvalue weighted by atomic mass is 16.5. The molecule has 0 spiro atoms. The third kappa shape index (κ3) is 3.17. The van der Waals surface area contributed by atoms with Crippen LogP contribution < -0.4 is 5.56 Å². The van der Waals surface area contributed by atoms with Gasteiger partial charge in [-0.15, -0.1) is 6.42 Å². The summed E-state index contributed by atoms with van der Waals surface area (Å²) in [5.41, 5.74) is 2.54. The number of fused-ring (bicyclic) bond motifs is 1. The van der Waals surface area contributed by atoms with Gasteiger partial charge < -0.3 is 13.8 Å². The number of aromatic nitrogens is 6. The molecule has 150 valence electrons. The summed E-state index contributed by atoms with van der Waals surface area (Å²) < 4.78 is 14.4. The van der Waals surface area contributed by atoms with E-state index in [1.165, 1.54) is 10.9 Å². The minimum atomic E-state index is -0.209. The summed E-state index contributed by atoms with van der Waals surface area (Å²) in [6, 6.07) is 7.78. The molecule has 0 unspecified atom stereocenters. The lowest BCUT2D eigenvalue weighted by atomic mass is 9.99. The van der Waals surface area contributed by atoms with Crippen molar-refractivity contribution in [3.8, 4) is 12.3 Å². The van der Waals surface area contributed by atoms with Gasteiger partial charge in [-0.25, -0.2) is 9.97 Å². The molecule has 3 aromatic heterocycles. The van der Waals surface area contributed by atoms with Crippen molar-refractivity contribution in [2.45, 2.75) is 25.0 Å². The Morgan fingerprint density at radius 2 is 2.03 bits per heavy atom. The van der Waals surface area contributed by atoms with Crippen LogP contribution >= 0.6 is 0 Å². The Hall–Kier alpha value is -3.77. The van der Waals surface area contributed by atoms with E-state index in [1.54, 1.807) is 17.9 Å². The first-order valence-electron chi connectivity index (χ1n) is 9.49. The fourth-order valence-corrected chi connectivity index (χ4v) is 3.66. The molecule has 0 aliphatic carbocycles. The molecule has 4 aromatic rings. The minimum Gasteiger partial charge on any atom is -0.373 e. The van der Waals surface area contributed by atoms with Gasteiger partial charge in [-0.2, -0.15) is 4.98 Å². The molecular weight excluding hydrogens is 384 g/mol. The topological polar surface area (TPSA) is 101 Å². The molecule has 1 aliphatic heterocycles. The van der Waals surface area contributed by atoms with Crippen LogP contribution in [0.4, 0.5) is 0 Å². The van der Waals surface area contributed by atoms with Crippen LogP contribution in [0.5, 0.6) is 0 Å². The van der Waals surface area contributed by atoms with E-state index in [-0.39, 0.29) is 24.1 Å². The van der Waals surface area contributed by atoms with Gasteiger partial charge in [-0.05, 0) is 24.1 Å². The fourth-order valence-electron chi connectivity index (χ4n) is 3.66. The summed E-state index contributed by atoms with van der Waals surface area (Å²) in [6.45, 7) is 0.646. The molecule has 9 nitrogen and oxygen atoms in total. The maximum Gasteiger partial charge on any atom is 0.280 e. The van der Waals surface area contributed by atoms with Gasteiger partial charge in [0, 0.05) is 18.5 Å². The number of ether oxygens (including phenoxy) is 1. The Bertz CT molecular complexity index is 1310. The number of terminal acetylenes is 1. The number of rotatable bonds is 4. The number of nitrogens with zero attached hydrogens (tertiary/aromatic N) is 6. The summed E-state index contributed by atoms with van der Waals surface area (Å²) >= 11 is 0. The molecule has 4 heterocycles. The summed E-state index contributed by atoms with van der Waals surface area (Å²) in [5, 5.41) is 4.10. The Balaban J connectivity index is 1.31. The number of hydrogen-bond donors (Lipinski definition) is 0. The number of benzene rings is 1. The van der Waals surface area contributed by atoms with Crippen LogP contribution in [-0.4, -0.2) is 35.8 Å². The van der Waals surface area contributed by atoms with Crippen molar-refractivity contribution in [1.29, 1.82) is 0 Å². The van der Waals surface area contributed by atoms with E-state index in [4.69, 9.17) is 15.7 Å². The van der Waals surface area contributed by atoms with Crippen molar-refractivity contribution in [2.75, 3.05) is 6.61 Å². The standard InChI is InChI=1S/C21H18N6O3/c1-3-13-4-6-14(7-5-13)16-8-15(10-29-16)19-24-17(30-25-19)9-27-12-23-20-18(21(27)28)26(2)11-22-20/h1,4-7,11-12,15-16H,8-10H2,2H3/t15-,16+/m0/s1. The quantitative estimate of drug-likeness (QED) is 0.480. The van der Waals surface area contributed by atoms with Crippen LogP contribution in [0.3, 0.4) is 0 Å². The number of imidazole rings is 1. The van der Waals surface area contributed by atoms with Crippen molar-refractivity contribution in [3.05, 3.63) is 70.1 Å². The highest BCUT2D eigenvalue weighted by Gasteiger charge is 2.31. The van der Waals surface area contributed by atoms with E-state index in [0.717, 1.165) is 17.5 Å². The van der Waals surface area contributed by atoms with Gasteiger partial charge in [0.2, 0.25) is 5.89 Å². The molecule has 0 radical (unpaired) electrons. The minimum absolute atomic E-state index is 0.0224. The predicted molar refractivity (Wildman–Crippen MR) is 107 cm³/mol. The van der Waals surface area contributed by atoms with Gasteiger partial charge in [0.05, 0.1) is 19.0 Å². The lowest BCUT2D eigenvalue weighted by Crippen LogP contribution is -2.22. The number of hydrogen-bond acceptors (Lipinski definition) is 7. The zero-order chi connectivity index (χ0) is 20.7. The van der Waals surface area contributed by atoms with Gasteiger partial charge in [0.15, 0.2) is 17.0 Å². The first-order chi connectivity index (χ1) is 14.6. The smallest absolute Gasteiger partial charge is 0.280 e. The molecule has 2 atom stereocenters. The average Bonchev–Trinajstić information content (AvgIpc) is 3.50. The first-order valence-corrected chi connectivity index (χ1v) is 9.49. The van der Waals surface area contributed by atoms with E-state index >= 15 is 0 Å². The largest absolute Gasteiger partial charge is 0.373 e. The van der Waals surface area contributed by atoms with Crippen molar-refractivity contribution in [3.63, 3.8) is 0 Å².